The minimum atomic E-state index is -4.46. The number of carbonyl (C=O) groups is 1. The zero-order valence-electron chi connectivity index (χ0n) is 10.1. The van der Waals surface area contributed by atoms with Gasteiger partial charge >= 0.3 is 12.1 Å². The molecule has 2 rings (SSSR count). The van der Waals surface area contributed by atoms with Crippen molar-refractivity contribution in [1.29, 1.82) is 0 Å². The van der Waals surface area contributed by atoms with Gasteiger partial charge in [-0.25, -0.2) is 0 Å². The third-order valence-electron chi connectivity index (χ3n) is 3.55. The van der Waals surface area contributed by atoms with Crippen molar-refractivity contribution in [2.24, 2.45) is 5.41 Å². The molecule has 3 nitrogen and oxygen atoms in total. The van der Waals surface area contributed by atoms with Crippen molar-refractivity contribution in [1.82, 2.24) is 5.32 Å². The summed E-state index contributed by atoms with van der Waals surface area (Å²) in [5.74, 6) is -1.05. The van der Waals surface area contributed by atoms with E-state index >= 15 is 0 Å². The van der Waals surface area contributed by atoms with E-state index in [9.17, 15) is 23.1 Å². The van der Waals surface area contributed by atoms with E-state index in [2.05, 4.69) is 5.32 Å². The summed E-state index contributed by atoms with van der Waals surface area (Å²) < 4.78 is 38.7. The average Bonchev–Trinajstić information content (AvgIpc) is 2.78. The average molecular weight is 273 g/mol. The number of carboxylic acid groups (broad SMARTS) is 1. The van der Waals surface area contributed by atoms with Crippen molar-refractivity contribution in [3.8, 4) is 0 Å². The molecule has 0 aliphatic carbocycles. The number of nitrogens with one attached hydrogen (secondary N) is 1. The van der Waals surface area contributed by atoms with E-state index < -0.39 is 23.1 Å². The van der Waals surface area contributed by atoms with E-state index in [1.54, 1.807) is 0 Å². The molecule has 104 valence electrons. The van der Waals surface area contributed by atoms with Crippen molar-refractivity contribution < 1.29 is 23.1 Å². The first-order valence-electron chi connectivity index (χ1n) is 5.94. The van der Waals surface area contributed by atoms with E-state index in [4.69, 9.17) is 0 Å². The fraction of sp³-hybridized carbons (Fsp3) is 0.462. The van der Waals surface area contributed by atoms with Crippen LogP contribution in [0.1, 0.15) is 17.5 Å². The molecule has 1 heterocycles. The second-order valence-corrected chi connectivity index (χ2v) is 4.84. The Morgan fingerprint density at radius 3 is 2.58 bits per heavy atom. The molecule has 2 N–H and O–H groups in total. The number of halogens is 3. The first kappa shape index (κ1) is 13.9. The van der Waals surface area contributed by atoms with Crippen LogP contribution in [-0.4, -0.2) is 24.2 Å². The van der Waals surface area contributed by atoms with Crippen LogP contribution in [0.4, 0.5) is 13.2 Å². The SMILES string of the molecule is O=C(O)C1(Cc2ccccc2C(F)(F)F)CCNC1. The number of benzene rings is 1. The molecule has 1 fully saturated rings. The molecule has 0 saturated carbocycles. The van der Waals surface area contributed by atoms with Gasteiger partial charge in [0.15, 0.2) is 0 Å². The summed E-state index contributed by atoms with van der Waals surface area (Å²) in [4.78, 5) is 11.4. The predicted octanol–water partition coefficient (Wildman–Crippen LogP) is 2.31. The molecular formula is C13H14F3NO2. The van der Waals surface area contributed by atoms with Gasteiger partial charge in [-0.05, 0) is 31.0 Å². The fourth-order valence-corrected chi connectivity index (χ4v) is 2.47. The monoisotopic (exact) mass is 273 g/mol. The van der Waals surface area contributed by atoms with Gasteiger partial charge in [0.05, 0.1) is 11.0 Å². The van der Waals surface area contributed by atoms with Crippen LogP contribution in [0.2, 0.25) is 0 Å². The van der Waals surface area contributed by atoms with Gasteiger partial charge in [0, 0.05) is 6.54 Å². The first-order valence-corrected chi connectivity index (χ1v) is 5.94. The Labute approximate surface area is 108 Å². The number of alkyl halides is 3. The Morgan fingerprint density at radius 1 is 1.37 bits per heavy atom. The lowest BCUT2D eigenvalue weighted by Gasteiger charge is -2.24. The molecule has 1 aliphatic heterocycles. The first-order chi connectivity index (χ1) is 8.85. The van der Waals surface area contributed by atoms with Crippen LogP contribution >= 0.6 is 0 Å². The Balaban J connectivity index is 2.35. The summed E-state index contributed by atoms with van der Waals surface area (Å²) >= 11 is 0. The lowest BCUT2D eigenvalue weighted by atomic mass is 9.79. The highest BCUT2D eigenvalue weighted by molar-refractivity contribution is 5.76. The largest absolute Gasteiger partial charge is 0.481 e. The predicted molar refractivity (Wildman–Crippen MR) is 62.7 cm³/mol. The normalized spacial score (nSPS) is 23.5. The molecule has 1 aliphatic rings. The van der Waals surface area contributed by atoms with Crippen molar-refractivity contribution in [3.05, 3.63) is 35.4 Å². The van der Waals surface area contributed by atoms with Gasteiger partial charge in [-0.2, -0.15) is 13.2 Å². The standard InChI is InChI=1S/C13H14F3NO2/c14-13(15,16)10-4-2-1-3-9(10)7-12(11(18)19)5-6-17-8-12/h1-4,17H,5-8H2,(H,18,19). The molecule has 1 aromatic rings. The Morgan fingerprint density at radius 2 is 2.05 bits per heavy atom. The molecule has 1 unspecified atom stereocenters. The molecule has 0 amide bonds. The lowest BCUT2D eigenvalue weighted by molar-refractivity contribution is -0.148. The van der Waals surface area contributed by atoms with Gasteiger partial charge in [-0.3, -0.25) is 4.79 Å². The minimum absolute atomic E-state index is 0.0427. The Hall–Kier alpha value is -1.56. The summed E-state index contributed by atoms with van der Waals surface area (Å²) in [6.45, 7) is 0.717. The van der Waals surface area contributed by atoms with Gasteiger partial charge < -0.3 is 10.4 Å². The summed E-state index contributed by atoms with van der Waals surface area (Å²) in [6.07, 6.45) is -4.22. The van der Waals surface area contributed by atoms with Crippen LogP contribution < -0.4 is 5.32 Å². The highest BCUT2D eigenvalue weighted by Gasteiger charge is 2.43. The van der Waals surface area contributed by atoms with E-state index in [0.717, 1.165) is 6.07 Å². The van der Waals surface area contributed by atoms with Crippen molar-refractivity contribution in [2.75, 3.05) is 13.1 Å². The Bertz CT molecular complexity index is 479. The van der Waals surface area contributed by atoms with E-state index in [0.29, 0.717) is 13.0 Å². The minimum Gasteiger partial charge on any atom is -0.481 e. The van der Waals surface area contributed by atoms with E-state index in [-0.39, 0.29) is 18.5 Å². The lowest BCUT2D eigenvalue weighted by Crippen LogP contribution is -2.36. The maximum absolute atomic E-state index is 12.9. The van der Waals surface area contributed by atoms with E-state index in [1.165, 1.54) is 18.2 Å². The molecule has 6 heteroatoms. The quantitative estimate of drug-likeness (QED) is 0.888. The van der Waals surface area contributed by atoms with Crippen LogP contribution in [-0.2, 0) is 17.4 Å². The second-order valence-electron chi connectivity index (χ2n) is 4.84. The number of hydrogen-bond donors (Lipinski definition) is 2. The van der Waals surface area contributed by atoms with Gasteiger partial charge in [-0.15, -0.1) is 0 Å². The number of carboxylic acids is 1. The molecule has 19 heavy (non-hydrogen) atoms. The maximum Gasteiger partial charge on any atom is 0.416 e. The summed E-state index contributed by atoms with van der Waals surface area (Å²) in [5, 5.41) is 12.2. The second kappa shape index (κ2) is 4.85. The molecule has 0 radical (unpaired) electrons. The van der Waals surface area contributed by atoms with Crippen molar-refractivity contribution in [3.63, 3.8) is 0 Å². The molecule has 0 aromatic heterocycles. The number of hydrogen-bond acceptors (Lipinski definition) is 2. The third kappa shape index (κ3) is 2.73. The van der Waals surface area contributed by atoms with Gasteiger partial charge in [-0.1, -0.05) is 18.2 Å². The topological polar surface area (TPSA) is 49.3 Å². The molecule has 1 saturated heterocycles. The zero-order valence-corrected chi connectivity index (χ0v) is 10.1. The Kier molecular flexibility index (Phi) is 3.54. The van der Waals surface area contributed by atoms with Gasteiger partial charge in [0.25, 0.3) is 0 Å². The molecule has 1 aromatic carbocycles. The third-order valence-corrected chi connectivity index (χ3v) is 3.55. The maximum atomic E-state index is 12.9. The van der Waals surface area contributed by atoms with Gasteiger partial charge in [0.2, 0.25) is 0 Å². The van der Waals surface area contributed by atoms with Crippen LogP contribution in [0, 0.1) is 5.41 Å². The zero-order chi connectivity index (χ0) is 14.1. The molecule has 1 atom stereocenters. The highest BCUT2D eigenvalue weighted by atomic mass is 19.4. The summed E-state index contributed by atoms with van der Waals surface area (Å²) in [5.41, 5.74) is -1.84. The fourth-order valence-electron chi connectivity index (χ4n) is 2.47. The van der Waals surface area contributed by atoms with Crippen LogP contribution in [0.5, 0.6) is 0 Å². The number of rotatable bonds is 3. The smallest absolute Gasteiger partial charge is 0.416 e. The van der Waals surface area contributed by atoms with Crippen LogP contribution in [0.25, 0.3) is 0 Å². The van der Waals surface area contributed by atoms with Crippen molar-refractivity contribution >= 4 is 5.97 Å². The van der Waals surface area contributed by atoms with Gasteiger partial charge in [0.1, 0.15) is 0 Å². The van der Waals surface area contributed by atoms with Crippen LogP contribution in [0.15, 0.2) is 24.3 Å². The summed E-state index contributed by atoms with van der Waals surface area (Å²) in [6, 6.07) is 5.16. The van der Waals surface area contributed by atoms with Crippen LogP contribution in [0.3, 0.4) is 0 Å². The highest BCUT2D eigenvalue weighted by Crippen LogP contribution is 2.37. The van der Waals surface area contributed by atoms with Crippen molar-refractivity contribution in [2.45, 2.75) is 19.0 Å². The number of aliphatic carboxylic acids is 1. The molecule has 0 spiro atoms. The summed E-state index contributed by atoms with van der Waals surface area (Å²) in [7, 11) is 0. The molecule has 0 bridgehead atoms. The molecular weight excluding hydrogens is 259 g/mol. The van der Waals surface area contributed by atoms with E-state index in [1.807, 2.05) is 0 Å².